The van der Waals surface area contributed by atoms with Crippen LogP contribution >= 0.6 is 24.8 Å². The fraction of sp³-hybridized carbons (Fsp3) is 0.917. The number of nitrogens with two attached hydrogens (primary N) is 1. The van der Waals surface area contributed by atoms with Crippen molar-refractivity contribution in [3.63, 3.8) is 0 Å². The first-order valence-corrected chi connectivity index (χ1v) is 6.06. The van der Waals surface area contributed by atoms with E-state index in [1.54, 1.807) is 0 Å². The Morgan fingerprint density at radius 1 is 1.44 bits per heavy atom. The number of rotatable bonds is 4. The molecule has 4 nitrogen and oxygen atoms in total. The van der Waals surface area contributed by atoms with Gasteiger partial charge in [0, 0.05) is 19.1 Å². The topological polar surface area (TPSA) is 49.6 Å². The summed E-state index contributed by atoms with van der Waals surface area (Å²) in [5.74, 6) is 0.230. The summed E-state index contributed by atoms with van der Waals surface area (Å²) < 4.78 is 0. The summed E-state index contributed by atoms with van der Waals surface area (Å²) in [7, 11) is 1.99. The molecule has 0 radical (unpaired) electrons. The smallest absolute Gasteiger partial charge is 0.236 e. The van der Waals surface area contributed by atoms with Crippen LogP contribution in [0.1, 0.15) is 27.2 Å². The van der Waals surface area contributed by atoms with Crippen LogP contribution in [0.2, 0.25) is 0 Å². The van der Waals surface area contributed by atoms with Crippen LogP contribution in [0.3, 0.4) is 0 Å². The molecule has 18 heavy (non-hydrogen) atoms. The summed E-state index contributed by atoms with van der Waals surface area (Å²) >= 11 is 0. The van der Waals surface area contributed by atoms with Gasteiger partial charge in [-0.3, -0.25) is 9.69 Å². The van der Waals surface area contributed by atoms with Gasteiger partial charge >= 0.3 is 0 Å². The van der Waals surface area contributed by atoms with E-state index < -0.39 is 0 Å². The normalized spacial score (nSPS) is 22.9. The lowest BCUT2D eigenvalue weighted by molar-refractivity contribution is -0.131. The molecule has 0 bridgehead atoms. The highest BCUT2D eigenvalue weighted by Crippen LogP contribution is 2.28. The van der Waals surface area contributed by atoms with Crippen LogP contribution in [0, 0.1) is 5.41 Å². The molecule has 1 amide bonds. The predicted molar refractivity (Wildman–Crippen MR) is 80.6 cm³/mol. The van der Waals surface area contributed by atoms with Gasteiger partial charge in [0.2, 0.25) is 5.91 Å². The van der Waals surface area contributed by atoms with E-state index in [9.17, 15) is 4.79 Å². The van der Waals surface area contributed by atoms with Crippen molar-refractivity contribution < 1.29 is 4.79 Å². The number of carbonyl (C=O) groups excluding carboxylic acids is 1. The van der Waals surface area contributed by atoms with E-state index in [4.69, 9.17) is 5.73 Å². The molecule has 0 aromatic heterocycles. The van der Waals surface area contributed by atoms with Gasteiger partial charge < -0.3 is 10.6 Å². The number of hydrogen-bond acceptors (Lipinski definition) is 3. The second-order valence-electron chi connectivity index (χ2n) is 5.59. The summed E-state index contributed by atoms with van der Waals surface area (Å²) in [6.07, 6.45) is 1.03. The van der Waals surface area contributed by atoms with Gasteiger partial charge in [-0.25, -0.2) is 0 Å². The first-order chi connectivity index (χ1) is 7.38. The Labute approximate surface area is 123 Å². The fourth-order valence-corrected chi connectivity index (χ4v) is 1.90. The summed E-state index contributed by atoms with van der Waals surface area (Å²) in [6, 6.07) is 0.410. The van der Waals surface area contributed by atoms with Crippen molar-refractivity contribution in [1.82, 2.24) is 9.80 Å². The van der Waals surface area contributed by atoms with E-state index in [0.29, 0.717) is 19.1 Å². The summed E-state index contributed by atoms with van der Waals surface area (Å²) in [6.45, 7) is 9.21. The molecule has 1 aliphatic heterocycles. The minimum absolute atomic E-state index is 0. The third kappa shape index (κ3) is 5.31. The van der Waals surface area contributed by atoms with Gasteiger partial charge in [-0.15, -0.1) is 24.8 Å². The molecule has 0 aromatic rings. The highest BCUT2D eigenvalue weighted by molar-refractivity contribution is 5.85. The molecule has 1 saturated heterocycles. The van der Waals surface area contributed by atoms with Gasteiger partial charge in [-0.2, -0.15) is 0 Å². The number of nitrogens with zero attached hydrogens (tertiary/aromatic N) is 2. The third-order valence-electron chi connectivity index (χ3n) is 3.67. The van der Waals surface area contributed by atoms with E-state index in [1.165, 1.54) is 0 Å². The predicted octanol–water partition coefficient (Wildman–Crippen LogP) is 1.37. The van der Waals surface area contributed by atoms with Crippen LogP contribution in [0.4, 0.5) is 0 Å². The van der Waals surface area contributed by atoms with Crippen LogP contribution < -0.4 is 5.73 Å². The van der Waals surface area contributed by atoms with Gasteiger partial charge in [0.05, 0.1) is 6.54 Å². The van der Waals surface area contributed by atoms with Crippen molar-refractivity contribution in [2.75, 3.05) is 33.2 Å². The molecule has 1 atom stereocenters. The lowest BCUT2D eigenvalue weighted by atomic mass is 9.90. The molecule has 1 aliphatic rings. The van der Waals surface area contributed by atoms with Crippen LogP contribution in [0.5, 0.6) is 0 Å². The molecule has 1 fully saturated rings. The molecule has 1 unspecified atom stereocenters. The highest BCUT2D eigenvalue weighted by atomic mass is 35.5. The average molecular weight is 300 g/mol. The molecule has 1 rings (SSSR count). The Morgan fingerprint density at radius 2 is 2.00 bits per heavy atom. The zero-order chi connectivity index (χ0) is 12.3. The Morgan fingerprint density at radius 3 is 2.39 bits per heavy atom. The van der Waals surface area contributed by atoms with Crippen molar-refractivity contribution in [2.24, 2.45) is 11.1 Å². The minimum Gasteiger partial charge on any atom is -0.341 e. The monoisotopic (exact) mass is 299 g/mol. The number of halogens is 2. The first-order valence-electron chi connectivity index (χ1n) is 6.06. The van der Waals surface area contributed by atoms with Crippen molar-refractivity contribution in [3.05, 3.63) is 0 Å². The lowest BCUT2D eigenvalue weighted by Crippen LogP contribution is -2.41. The number of amides is 1. The Kier molecular flexibility index (Phi) is 9.25. The standard InChI is InChI=1S/C12H25N3O.2ClH/c1-10(2)14(4)7-11(16)15-6-5-12(3,8-13)9-15;;/h10H,5-9,13H2,1-4H3;2*1H. The van der Waals surface area contributed by atoms with Crippen LogP contribution in [0.25, 0.3) is 0 Å². The van der Waals surface area contributed by atoms with Crippen molar-refractivity contribution in [3.8, 4) is 0 Å². The van der Waals surface area contributed by atoms with E-state index in [0.717, 1.165) is 19.5 Å². The summed E-state index contributed by atoms with van der Waals surface area (Å²) in [5.41, 5.74) is 5.86. The van der Waals surface area contributed by atoms with Crippen molar-refractivity contribution in [1.29, 1.82) is 0 Å². The Hall–Kier alpha value is -0.0300. The second kappa shape index (κ2) is 8.20. The Bertz CT molecular complexity index is 264. The molecule has 1 heterocycles. The first kappa shape index (κ1) is 20.3. The van der Waals surface area contributed by atoms with Gasteiger partial charge in [0.25, 0.3) is 0 Å². The number of likely N-dealkylation sites (N-methyl/N-ethyl adjacent to an activating group) is 1. The maximum Gasteiger partial charge on any atom is 0.236 e. The van der Waals surface area contributed by atoms with Crippen molar-refractivity contribution in [2.45, 2.75) is 33.2 Å². The molecule has 2 N–H and O–H groups in total. The third-order valence-corrected chi connectivity index (χ3v) is 3.67. The number of carbonyl (C=O) groups is 1. The van der Waals surface area contributed by atoms with E-state index in [-0.39, 0.29) is 36.1 Å². The lowest BCUT2D eigenvalue weighted by Gasteiger charge is -2.26. The molecule has 110 valence electrons. The van der Waals surface area contributed by atoms with E-state index in [1.807, 2.05) is 11.9 Å². The number of likely N-dealkylation sites (tertiary alicyclic amines) is 1. The summed E-state index contributed by atoms with van der Waals surface area (Å²) in [5, 5.41) is 0. The molecule has 0 aromatic carbocycles. The molecular weight excluding hydrogens is 273 g/mol. The molecule has 0 saturated carbocycles. The molecule has 0 aliphatic carbocycles. The van der Waals surface area contributed by atoms with Gasteiger partial charge in [-0.05, 0) is 39.3 Å². The van der Waals surface area contributed by atoms with Gasteiger partial charge in [0.1, 0.15) is 0 Å². The highest BCUT2D eigenvalue weighted by Gasteiger charge is 2.34. The number of hydrogen-bond donors (Lipinski definition) is 1. The Balaban J connectivity index is 0. The zero-order valence-electron chi connectivity index (χ0n) is 11.8. The SMILES string of the molecule is CC(C)N(C)CC(=O)N1CCC(C)(CN)C1.Cl.Cl. The van der Waals surface area contributed by atoms with Gasteiger partial charge in [-0.1, -0.05) is 6.92 Å². The fourth-order valence-electron chi connectivity index (χ4n) is 1.90. The zero-order valence-corrected chi connectivity index (χ0v) is 13.4. The maximum atomic E-state index is 12.0. The van der Waals surface area contributed by atoms with E-state index in [2.05, 4.69) is 25.7 Å². The van der Waals surface area contributed by atoms with Crippen molar-refractivity contribution >= 4 is 30.7 Å². The molecular formula is C12H27Cl2N3O. The van der Waals surface area contributed by atoms with Crippen LogP contribution in [-0.4, -0.2) is 55.0 Å². The van der Waals surface area contributed by atoms with Crippen LogP contribution in [0.15, 0.2) is 0 Å². The van der Waals surface area contributed by atoms with E-state index >= 15 is 0 Å². The second-order valence-corrected chi connectivity index (χ2v) is 5.59. The van der Waals surface area contributed by atoms with Crippen LogP contribution in [-0.2, 0) is 4.79 Å². The largest absolute Gasteiger partial charge is 0.341 e. The average Bonchev–Trinajstić information content (AvgIpc) is 2.62. The molecule has 6 heteroatoms. The molecule has 0 spiro atoms. The minimum atomic E-state index is 0. The quantitative estimate of drug-likeness (QED) is 0.853. The van der Waals surface area contributed by atoms with Gasteiger partial charge in [0.15, 0.2) is 0 Å². The maximum absolute atomic E-state index is 12.0. The summed E-state index contributed by atoms with van der Waals surface area (Å²) in [4.78, 5) is 16.0.